The second-order valence-electron chi connectivity index (χ2n) is 4.16. The van der Waals surface area contributed by atoms with E-state index < -0.39 is 5.97 Å². The van der Waals surface area contributed by atoms with E-state index in [9.17, 15) is 9.59 Å². The van der Waals surface area contributed by atoms with Crippen LogP contribution in [0.1, 0.15) is 21.7 Å². The number of rotatable bonds is 4. The molecule has 1 heterocycles. The Labute approximate surface area is 109 Å². The van der Waals surface area contributed by atoms with Gasteiger partial charge >= 0.3 is 5.97 Å². The van der Waals surface area contributed by atoms with E-state index >= 15 is 0 Å². The van der Waals surface area contributed by atoms with E-state index in [0.717, 1.165) is 5.56 Å². The number of aliphatic carboxylic acids is 1. The molecule has 0 aliphatic rings. The Morgan fingerprint density at radius 3 is 2.74 bits per heavy atom. The van der Waals surface area contributed by atoms with Crippen LogP contribution in [0.2, 0.25) is 0 Å². The normalized spacial score (nSPS) is 10.2. The molecule has 0 fully saturated rings. The zero-order valence-electron chi connectivity index (χ0n) is 10.3. The zero-order chi connectivity index (χ0) is 13.8. The van der Waals surface area contributed by atoms with Crippen LogP contribution in [-0.2, 0) is 11.2 Å². The molecule has 0 saturated carbocycles. The molecule has 98 valence electrons. The Hall–Kier alpha value is -2.56. The van der Waals surface area contributed by atoms with Crippen LogP contribution >= 0.6 is 0 Å². The lowest BCUT2D eigenvalue weighted by Gasteiger charge is -2.05. The van der Waals surface area contributed by atoms with Crippen LogP contribution in [0, 0.1) is 6.92 Å². The first-order valence-corrected chi connectivity index (χ1v) is 5.72. The number of hydrogen-bond donors (Lipinski definition) is 2. The van der Waals surface area contributed by atoms with E-state index in [2.05, 4.69) is 5.32 Å². The summed E-state index contributed by atoms with van der Waals surface area (Å²) in [6.07, 6.45) is 1.37. The van der Waals surface area contributed by atoms with Crippen molar-refractivity contribution in [3.8, 4) is 0 Å². The molecule has 0 bridgehead atoms. The second kappa shape index (κ2) is 5.39. The van der Waals surface area contributed by atoms with Crippen LogP contribution in [0.25, 0.3) is 0 Å². The Morgan fingerprint density at radius 1 is 1.32 bits per heavy atom. The molecule has 2 aromatic rings. The van der Waals surface area contributed by atoms with Crippen molar-refractivity contribution in [3.63, 3.8) is 0 Å². The molecule has 1 amide bonds. The van der Waals surface area contributed by atoms with Crippen molar-refractivity contribution in [3.05, 3.63) is 53.5 Å². The molecule has 0 spiro atoms. The average Bonchev–Trinajstić information content (AvgIpc) is 2.75. The van der Waals surface area contributed by atoms with Gasteiger partial charge in [0.2, 0.25) is 0 Å². The molecule has 0 unspecified atom stereocenters. The summed E-state index contributed by atoms with van der Waals surface area (Å²) in [6, 6.07) is 8.42. The lowest BCUT2D eigenvalue weighted by atomic mass is 10.1. The molecule has 0 atom stereocenters. The van der Waals surface area contributed by atoms with Crippen LogP contribution < -0.4 is 5.32 Å². The number of nitrogens with one attached hydrogen (secondary N) is 1. The van der Waals surface area contributed by atoms with E-state index in [4.69, 9.17) is 9.52 Å². The number of carboxylic acids is 1. The van der Waals surface area contributed by atoms with Gasteiger partial charge in [0, 0.05) is 11.3 Å². The summed E-state index contributed by atoms with van der Waals surface area (Å²) >= 11 is 0. The summed E-state index contributed by atoms with van der Waals surface area (Å²) in [5, 5.41) is 11.4. The Morgan fingerprint density at radius 2 is 2.11 bits per heavy atom. The summed E-state index contributed by atoms with van der Waals surface area (Å²) in [7, 11) is 0. The maximum atomic E-state index is 11.9. The quantitative estimate of drug-likeness (QED) is 0.883. The predicted molar refractivity (Wildman–Crippen MR) is 69.2 cm³/mol. The molecule has 1 aromatic heterocycles. The molecule has 2 N–H and O–H groups in total. The maximum Gasteiger partial charge on any atom is 0.307 e. The van der Waals surface area contributed by atoms with Crippen molar-refractivity contribution in [1.29, 1.82) is 0 Å². The van der Waals surface area contributed by atoms with Gasteiger partial charge in [0.05, 0.1) is 12.7 Å². The number of aryl methyl sites for hydroxylation is 1. The topological polar surface area (TPSA) is 79.5 Å². The maximum absolute atomic E-state index is 11.9. The first-order valence-electron chi connectivity index (χ1n) is 5.72. The lowest BCUT2D eigenvalue weighted by Crippen LogP contribution is -2.12. The van der Waals surface area contributed by atoms with Gasteiger partial charge in [-0.1, -0.05) is 12.1 Å². The van der Waals surface area contributed by atoms with Crippen molar-refractivity contribution in [2.24, 2.45) is 0 Å². The molecule has 1 aromatic carbocycles. The first kappa shape index (κ1) is 12.9. The highest BCUT2D eigenvalue weighted by molar-refractivity contribution is 6.03. The minimum absolute atomic E-state index is 0.0799. The molecule has 0 radical (unpaired) electrons. The Bertz CT molecular complexity index is 615. The van der Waals surface area contributed by atoms with Gasteiger partial charge in [0.15, 0.2) is 5.76 Å². The summed E-state index contributed by atoms with van der Waals surface area (Å²) in [6.45, 7) is 1.78. The molecular weight excluding hydrogens is 246 g/mol. The lowest BCUT2D eigenvalue weighted by molar-refractivity contribution is -0.136. The highest BCUT2D eigenvalue weighted by Crippen LogP contribution is 2.15. The third kappa shape index (κ3) is 3.22. The molecule has 0 aliphatic heterocycles. The minimum Gasteiger partial charge on any atom is -0.481 e. The number of carboxylic acid groups (broad SMARTS) is 1. The number of carbonyl (C=O) groups excluding carboxylic acids is 1. The highest BCUT2D eigenvalue weighted by Gasteiger charge is 2.12. The molecule has 2 rings (SSSR count). The van der Waals surface area contributed by atoms with Gasteiger partial charge in [-0.3, -0.25) is 9.59 Å². The molecule has 0 aliphatic carbocycles. The summed E-state index contributed by atoms with van der Waals surface area (Å²) in [4.78, 5) is 22.5. The monoisotopic (exact) mass is 259 g/mol. The zero-order valence-corrected chi connectivity index (χ0v) is 10.3. The van der Waals surface area contributed by atoms with Crippen LogP contribution in [0.3, 0.4) is 0 Å². The third-order valence-corrected chi connectivity index (χ3v) is 2.61. The molecule has 0 saturated heterocycles. The van der Waals surface area contributed by atoms with Gasteiger partial charge in [-0.05, 0) is 30.7 Å². The van der Waals surface area contributed by atoms with E-state index in [1.807, 2.05) is 0 Å². The Balaban J connectivity index is 2.13. The standard InChI is InChI=1S/C14H13NO4/c1-9-5-6-19-13(9)14(18)15-11-4-2-3-10(7-11)8-12(16)17/h2-7H,8H2,1H3,(H,15,18)(H,16,17). The fourth-order valence-corrected chi connectivity index (χ4v) is 1.73. The van der Waals surface area contributed by atoms with E-state index in [-0.39, 0.29) is 18.1 Å². The van der Waals surface area contributed by atoms with Crippen molar-refractivity contribution in [2.75, 3.05) is 5.32 Å². The molecule has 5 nitrogen and oxygen atoms in total. The Kier molecular flexibility index (Phi) is 3.66. The third-order valence-electron chi connectivity index (χ3n) is 2.61. The van der Waals surface area contributed by atoms with E-state index in [0.29, 0.717) is 11.3 Å². The van der Waals surface area contributed by atoms with Crippen LogP contribution in [-0.4, -0.2) is 17.0 Å². The smallest absolute Gasteiger partial charge is 0.307 e. The molecule has 19 heavy (non-hydrogen) atoms. The summed E-state index contributed by atoms with van der Waals surface area (Å²) < 4.78 is 5.09. The first-order chi connectivity index (χ1) is 9.06. The van der Waals surface area contributed by atoms with Gasteiger partial charge in [-0.15, -0.1) is 0 Å². The molecular formula is C14H13NO4. The fraction of sp³-hybridized carbons (Fsp3) is 0.143. The van der Waals surface area contributed by atoms with Gasteiger partial charge in [-0.25, -0.2) is 0 Å². The van der Waals surface area contributed by atoms with Gasteiger partial charge in [-0.2, -0.15) is 0 Å². The van der Waals surface area contributed by atoms with Crippen LogP contribution in [0.5, 0.6) is 0 Å². The van der Waals surface area contributed by atoms with Crippen molar-refractivity contribution >= 4 is 17.6 Å². The largest absolute Gasteiger partial charge is 0.481 e. The van der Waals surface area contributed by atoms with Gasteiger partial charge in [0.25, 0.3) is 5.91 Å². The van der Waals surface area contributed by atoms with Crippen LogP contribution in [0.15, 0.2) is 41.0 Å². The number of anilines is 1. The SMILES string of the molecule is Cc1ccoc1C(=O)Nc1cccc(CC(=O)O)c1. The molecule has 5 heteroatoms. The second-order valence-corrected chi connectivity index (χ2v) is 4.16. The van der Waals surface area contributed by atoms with Crippen LogP contribution in [0.4, 0.5) is 5.69 Å². The van der Waals surface area contributed by atoms with Gasteiger partial charge in [0.1, 0.15) is 0 Å². The van der Waals surface area contributed by atoms with Crippen molar-refractivity contribution in [2.45, 2.75) is 13.3 Å². The predicted octanol–water partition coefficient (Wildman–Crippen LogP) is 2.47. The van der Waals surface area contributed by atoms with Crippen molar-refractivity contribution < 1.29 is 19.1 Å². The minimum atomic E-state index is -0.912. The average molecular weight is 259 g/mol. The fourth-order valence-electron chi connectivity index (χ4n) is 1.73. The van der Waals surface area contributed by atoms with Crippen molar-refractivity contribution in [1.82, 2.24) is 0 Å². The number of carbonyl (C=O) groups is 2. The number of benzene rings is 1. The number of amides is 1. The number of hydrogen-bond acceptors (Lipinski definition) is 3. The van der Waals surface area contributed by atoms with E-state index in [1.165, 1.54) is 6.26 Å². The number of furan rings is 1. The highest BCUT2D eigenvalue weighted by atomic mass is 16.4. The van der Waals surface area contributed by atoms with Gasteiger partial charge < -0.3 is 14.8 Å². The summed E-state index contributed by atoms with van der Waals surface area (Å²) in [5.41, 5.74) is 1.92. The summed E-state index contributed by atoms with van der Waals surface area (Å²) in [5.74, 6) is -1.01. The van der Waals surface area contributed by atoms with E-state index in [1.54, 1.807) is 37.3 Å².